The highest BCUT2D eigenvalue weighted by Crippen LogP contribution is 2.36. The van der Waals surface area contributed by atoms with Crippen molar-refractivity contribution in [3.8, 4) is 11.4 Å². The normalized spacial score (nSPS) is 23.0. The minimum atomic E-state index is -0.148. The maximum atomic E-state index is 13.3. The van der Waals surface area contributed by atoms with Gasteiger partial charge < -0.3 is 20.2 Å². The van der Waals surface area contributed by atoms with Crippen LogP contribution in [-0.2, 0) is 0 Å². The van der Waals surface area contributed by atoms with Gasteiger partial charge in [0, 0.05) is 23.0 Å². The second-order valence-corrected chi connectivity index (χ2v) is 9.33. The van der Waals surface area contributed by atoms with Gasteiger partial charge in [-0.1, -0.05) is 23.2 Å². The summed E-state index contributed by atoms with van der Waals surface area (Å²) in [5, 5.41) is 5.44. The number of benzene rings is 2. The van der Waals surface area contributed by atoms with Crippen LogP contribution < -0.4 is 10.9 Å². The Morgan fingerprint density at radius 2 is 1.90 bits per heavy atom. The number of aryl methyl sites for hydroxylation is 1. The van der Waals surface area contributed by atoms with Crippen LogP contribution in [-0.4, -0.2) is 45.5 Å². The zero-order chi connectivity index (χ0) is 21.1. The second-order valence-electron chi connectivity index (χ2n) is 8.89. The third-order valence-corrected chi connectivity index (χ3v) is 7.07. The number of nitrogens with zero attached hydrogens (tertiary/aromatic N) is 2. The van der Waals surface area contributed by atoms with E-state index in [2.05, 4.69) is 33.2 Å². The van der Waals surface area contributed by atoms with Gasteiger partial charge in [0.15, 0.2) is 0 Å². The van der Waals surface area contributed by atoms with Crippen molar-refractivity contribution in [2.45, 2.75) is 25.8 Å². The summed E-state index contributed by atoms with van der Waals surface area (Å²) in [7, 11) is 0. The minimum absolute atomic E-state index is 0.148. The van der Waals surface area contributed by atoms with Crippen molar-refractivity contribution >= 4 is 39.2 Å². The highest BCUT2D eigenvalue weighted by atomic mass is 35.5. The number of anilines is 1. The lowest BCUT2D eigenvalue weighted by Crippen LogP contribution is -2.53. The summed E-state index contributed by atoms with van der Waals surface area (Å²) in [6.07, 6.45) is 2.41. The third kappa shape index (κ3) is 3.22. The van der Waals surface area contributed by atoms with Crippen LogP contribution in [0.5, 0.6) is 0 Å². The molecule has 6 nitrogen and oxygen atoms in total. The highest BCUT2D eigenvalue weighted by molar-refractivity contribution is 6.31. The summed E-state index contributed by atoms with van der Waals surface area (Å²) in [5.74, 6) is 1.19. The number of hydrogen-bond donors (Lipinski definition) is 3. The molecule has 3 fully saturated rings. The van der Waals surface area contributed by atoms with E-state index in [-0.39, 0.29) is 5.56 Å². The monoisotopic (exact) mass is 433 g/mol. The van der Waals surface area contributed by atoms with Crippen LogP contribution in [0.4, 0.5) is 5.69 Å². The zero-order valence-corrected chi connectivity index (χ0v) is 18.1. The predicted octanol–water partition coefficient (Wildman–Crippen LogP) is 4.54. The molecule has 2 bridgehead atoms. The summed E-state index contributed by atoms with van der Waals surface area (Å²) in [5.41, 5.74) is 4.87. The molecular weight excluding hydrogens is 410 g/mol. The molecule has 2 aromatic carbocycles. The fourth-order valence-electron chi connectivity index (χ4n) is 5.19. The van der Waals surface area contributed by atoms with E-state index in [1.54, 1.807) is 0 Å². The van der Waals surface area contributed by atoms with Crippen molar-refractivity contribution in [3.63, 3.8) is 0 Å². The molecule has 0 amide bonds. The zero-order valence-electron chi connectivity index (χ0n) is 17.3. The predicted molar refractivity (Wildman–Crippen MR) is 126 cm³/mol. The lowest BCUT2D eigenvalue weighted by atomic mass is 9.83. The van der Waals surface area contributed by atoms with Gasteiger partial charge in [-0.3, -0.25) is 4.79 Å². The SMILES string of the molecule is Cc1ccc2[nH]c(=O)c(-c3nc4cc(Cl)ccc4[nH]3)c(N[C@@H]3CN4CCC3CC4)c2c1. The topological polar surface area (TPSA) is 76.8 Å². The molecule has 0 saturated carbocycles. The maximum absolute atomic E-state index is 13.3. The molecule has 5 heterocycles. The van der Waals surface area contributed by atoms with Crippen LogP contribution in [0.2, 0.25) is 5.02 Å². The van der Waals surface area contributed by atoms with Gasteiger partial charge in [-0.05, 0) is 69.1 Å². The van der Waals surface area contributed by atoms with Gasteiger partial charge in [0.2, 0.25) is 0 Å². The van der Waals surface area contributed by atoms with E-state index in [9.17, 15) is 4.79 Å². The van der Waals surface area contributed by atoms with Gasteiger partial charge in [0.05, 0.1) is 22.2 Å². The van der Waals surface area contributed by atoms with Crippen LogP contribution in [0.25, 0.3) is 33.3 Å². The number of rotatable bonds is 3. The van der Waals surface area contributed by atoms with Gasteiger partial charge in [-0.15, -0.1) is 0 Å². The quantitative estimate of drug-likeness (QED) is 0.443. The average molecular weight is 434 g/mol. The molecule has 4 aromatic rings. The second kappa shape index (κ2) is 7.11. The molecule has 3 N–H and O–H groups in total. The van der Waals surface area contributed by atoms with Crippen LogP contribution in [0.3, 0.4) is 0 Å². The number of pyridine rings is 1. The third-order valence-electron chi connectivity index (χ3n) is 6.84. The van der Waals surface area contributed by atoms with E-state index < -0.39 is 0 Å². The van der Waals surface area contributed by atoms with Crippen LogP contribution in [0.15, 0.2) is 41.2 Å². The molecule has 158 valence electrons. The average Bonchev–Trinajstić information content (AvgIpc) is 3.17. The number of fused-ring (bicyclic) bond motifs is 5. The lowest BCUT2D eigenvalue weighted by molar-refractivity contribution is 0.0976. The minimum Gasteiger partial charge on any atom is -0.379 e. The first-order valence-electron chi connectivity index (χ1n) is 10.9. The van der Waals surface area contributed by atoms with Crippen molar-refractivity contribution in [2.75, 3.05) is 25.0 Å². The number of imidazole rings is 1. The maximum Gasteiger partial charge on any atom is 0.261 e. The molecule has 3 saturated heterocycles. The van der Waals surface area contributed by atoms with Crippen LogP contribution in [0, 0.1) is 12.8 Å². The summed E-state index contributed by atoms with van der Waals surface area (Å²) in [4.78, 5) is 26.9. The van der Waals surface area contributed by atoms with E-state index in [1.807, 2.05) is 30.3 Å². The fourth-order valence-corrected chi connectivity index (χ4v) is 5.36. The molecule has 0 radical (unpaired) electrons. The number of aromatic nitrogens is 3. The standard InChI is InChI=1S/C24H24ClN5O/c1-13-2-4-17-16(10-13)22(26-20-12-30-8-6-14(20)7-9-30)21(24(31)29-17)23-27-18-5-3-15(25)11-19(18)28-23/h2-5,10-11,14,20H,6-9,12H2,1H3,(H,27,28)(H2,26,29,31)/t20-/m1/s1. The molecular formula is C24H24ClN5O. The number of halogens is 1. The number of hydrogen-bond acceptors (Lipinski definition) is 4. The van der Waals surface area contributed by atoms with E-state index in [0.717, 1.165) is 39.7 Å². The molecule has 2 aromatic heterocycles. The van der Waals surface area contributed by atoms with Crippen LogP contribution in [0.1, 0.15) is 18.4 Å². The first-order valence-corrected chi connectivity index (χ1v) is 11.2. The van der Waals surface area contributed by atoms with Crippen molar-refractivity contribution < 1.29 is 0 Å². The molecule has 1 atom stereocenters. The number of aromatic amines is 2. The van der Waals surface area contributed by atoms with E-state index >= 15 is 0 Å². The largest absolute Gasteiger partial charge is 0.379 e. The lowest BCUT2D eigenvalue weighted by Gasteiger charge is -2.45. The van der Waals surface area contributed by atoms with Gasteiger partial charge in [0.25, 0.3) is 5.56 Å². The number of H-pyrrole nitrogens is 2. The summed E-state index contributed by atoms with van der Waals surface area (Å²) >= 11 is 6.16. The summed E-state index contributed by atoms with van der Waals surface area (Å²) in [6.45, 7) is 5.44. The fraction of sp³-hybridized carbons (Fsp3) is 0.333. The molecule has 3 aliphatic rings. The molecule has 0 unspecified atom stereocenters. The Hall–Kier alpha value is -2.83. The summed E-state index contributed by atoms with van der Waals surface area (Å²) in [6, 6.07) is 12.0. The Labute approximate surface area is 184 Å². The van der Waals surface area contributed by atoms with Crippen molar-refractivity contribution in [2.24, 2.45) is 5.92 Å². The number of nitrogens with one attached hydrogen (secondary N) is 3. The Morgan fingerprint density at radius 1 is 1.10 bits per heavy atom. The van der Waals surface area contributed by atoms with Gasteiger partial charge in [-0.2, -0.15) is 0 Å². The van der Waals surface area contributed by atoms with Gasteiger partial charge in [-0.25, -0.2) is 4.98 Å². The molecule has 31 heavy (non-hydrogen) atoms. The van der Waals surface area contributed by atoms with Crippen molar-refractivity contribution in [3.05, 3.63) is 57.3 Å². The van der Waals surface area contributed by atoms with Crippen LogP contribution >= 0.6 is 11.6 Å². The first kappa shape index (κ1) is 18.9. The smallest absolute Gasteiger partial charge is 0.261 e. The Bertz CT molecular complexity index is 1370. The number of piperidine rings is 3. The molecule has 3 aliphatic heterocycles. The van der Waals surface area contributed by atoms with Crippen molar-refractivity contribution in [1.82, 2.24) is 19.9 Å². The first-order chi connectivity index (χ1) is 15.0. The Balaban J connectivity index is 1.56. The van der Waals surface area contributed by atoms with Gasteiger partial charge in [0.1, 0.15) is 11.4 Å². The van der Waals surface area contributed by atoms with Crippen molar-refractivity contribution in [1.29, 1.82) is 0 Å². The van der Waals surface area contributed by atoms with E-state index in [1.165, 1.54) is 25.9 Å². The van der Waals surface area contributed by atoms with E-state index in [4.69, 9.17) is 16.6 Å². The Kier molecular flexibility index (Phi) is 4.33. The highest BCUT2D eigenvalue weighted by Gasteiger charge is 2.35. The Morgan fingerprint density at radius 3 is 2.68 bits per heavy atom. The van der Waals surface area contributed by atoms with E-state index in [0.29, 0.717) is 28.4 Å². The summed E-state index contributed by atoms with van der Waals surface area (Å²) < 4.78 is 0. The van der Waals surface area contributed by atoms with Gasteiger partial charge >= 0.3 is 0 Å². The molecule has 7 heteroatoms. The molecule has 0 aliphatic carbocycles. The molecule has 7 rings (SSSR count). The molecule has 0 spiro atoms.